The van der Waals surface area contributed by atoms with E-state index in [1.165, 1.54) is 10.4 Å². The first-order chi connectivity index (χ1) is 16.8. The molecule has 1 aromatic heterocycles. The summed E-state index contributed by atoms with van der Waals surface area (Å²) in [5.74, 6) is 0. The van der Waals surface area contributed by atoms with Crippen LogP contribution in [-0.4, -0.2) is 19.5 Å². The van der Waals surface area contributed by atoms with Crippen LogP contribution >= 0.6 is 15.9 Å². The Labute approximate surface area is 217 Å². The quantitative estimate of drug-likeness (QED) is 0.245. The number of halogens is 1. The molecule has 1 fully saturated rings. The molecular formula is C30H31BrN2OSi. The van der Waals surface area contributed by atoms with Gasteiger partial charge >= 0.3 is 0 Å². The Kier molecular flexibility index (Phi) is 6.25. The molecule has 1 heterocycles. The van der Waals surface area contributed by atoms with E-state index in [1.54, 1.807) is 0 Å². The van der Waals surface area contributed by atoms with Crippen LogP contribution in [-0.2, 0) is 11.0 Å². The summed E-state index contributed by atoms with van der Waals surface area (Å²) in [6, 6.07) is 30.2. The summed E-state index contributed by atoms with van der Waals surface area (Å²) >= 11 is 3.61. The SMILES string of the molecule is CC(C)(C)[Si](OCC1(Cn2cc(C#N)c3ccc(Br)cc32)CC1)(c1ccccc1)c1ccccc1. The van der Waals surface area contributed by atoms with Crippen molar-refractivity contribution in [1.82, 2.24) is 4.57 Å². The van der Waals surface area contributed by atoms with Crippen molar-refractivity contribution in [3.63, 3.8) is 0 Å². The van der Waals surface area contributed by atoms with E-state index in [0.717, 1.165) is 46.9 Å². The lowest BCUT2D eigenvalue weighted by Crippen LogP contribution is -2.67. The highest BCUT2D eigenvalue weighted by molar-refractivity contribution is 9.10. The maximum atomic E-state index is 9.69. The van der Waals surface area contributed by atoms with E-state index in [9.17, 15) is 5.26 Å². The number of benzene rings is 3. The minimum atomic E-state index is -2.57. The van der Waals surface area contributed by atoms with Gasteiger partial charge in [0.1, 0.15) is 6.07 Å². The highest BCUT2D eigenvalue weighted by Gasteiger charge is 2.53. The van der Waals surface area contributed by atoms with E-state index >= 15 is 0 Å². The maximum Gasteiger partial charge on any atom is 0.261 e. The van der Waals surface area contributed by atoms with Crippen molar-refractivity contribution in [3.8, 4) is 6.07 Å². The monoisotopic (exact) mass is 542 g/mol. The normalized spacial score (nSPS) is 15.2. The topological polar surface area (TPSA) is 38.0 Å². The average molecular weight is 544 g/mol. The van der Waals surface area contributed by atoms with E-state index in [0.29, 0.717) is 0 Å². The zero-order valence-electron chi connectivity index (χ0n) is 20.6. The molecule has 5 heteroatoms. The highest BCUT2D eigenvalue weighted by Crippen LogP contribution is 2.50. The van der Waals surface area contributed by atoms with E-state index in [1.807, 2.05) is 18.3 Å². The fourth-order valence-corrected chi connectivity index (χ4v) is 10.4. The van der Waals surface area contributed by atoms with E-state index in [4.69, 9.17) is 4.43 Å². The highest BCUT2D eigenvalue weighted by atomic mass is 79.9. The van der Waals surface area contributed by atoms with Gasteiger partial charge in [0.2, 0.25) is 0 Å². The summed E-state index contributed by atoms with van der Waals surface area (Å²) in [4.78, 5) is 0. The van der Waals surface area contributed by atoms with Gasteiger partial charge in [-0.15, -0.1) is 0 Å². The molecule has 1 saturated carbocycles. The first-order valence-electron chi connectivity index (χ1n) is 12.2. The Bertz CT molecular complexity index is 1340. The van der Waals surface area contributed by atoms with Gasteiger partial charge in [0, 0.05) is 34.6 Å². The molecule has 35 heavy (non-hydrogen) atoms. The van der Waals surface area contributed by atoms with Gasteiger partial charge in [0.15, 0.2) is 0 Å². The minimum Gasteiger partial charge on any atom is -0.407 e. The number of nitrogens with zero attached hydrogens (tertiary/aromatic N) is 2. The molecule has 3 aromatic carbocycles. The Morgan fingerprint density at radius 3 is 2.09 bits per heavy atom. The number of rotatable bonds is 7. The molecule has 1 aliphatic rings. The molecule has 4 aromatic rings. The third-order valence-electron chi connectivity index (χ3n) is 7.44. The second kappa shape index (κ2) is 9.09. The lowest BCUT2D eigenvalue weighted by molar-refractivity contribution is 0.205. The van der Waals surface area contributed by atoms with Crippen LogP contribution in [0.15, 0.2) is 89.5 Å². The fourth-order valence-electron chi connectivity index (χ4n) is 5.39. The number of nitriles is 1. The summed E-state index contributed by atoms with van der Waals surface area (Å²) in [6.45, 7) is 8.56. The summed E-state index contributed by atoms with van der Waals surface area (Å²) in [5.41, 5.74) is 1.93. The molecule has 3 nitrogen and oxygen atoms in total. The lowest BCUT2D eigenvalue weighted by Gasteiger charge is -2.44. The zero-order chi connectivity index (χ0) is 24.7. The van der Waals surface area contributed by atoms with Gasteiger partial charge in [0.05, 0.1) is 11.1 Å². The zero-order valence-corrected chi connectivity index (χ0v) is 23.2. The number of hydrogen-bond donors (Lipinski definition) is 0. The molecule has 0 bridgehead atoms. The van der Waals surface area contributed by atoms with Gasteiger partial charge in [-0.05, 0) is 40.4 Å². The molecule has 0 spiro atoms. The van der Waals surface area contributed by atoms with Crippen LogP contribution in [0.1, 0.15) is 39.2 Å². The predicted molar refractivity (Wildman–Crippen MR) is 150 cm³/mol. The predicted octanol–water partition coefficient (Wildman–Crippen LogP) is 6.63. The van der Waals surface area contributed by atoms with Crippen LogP contribution in [0.4, 0.5) is 0 Å². The molecule has 0 aliphatic heterocycles. The average Bonchev–Trinajstić information content (AvgIpc) is 3.54. The second-order valence-electron chi connectivity index (χ2n) is 10.9. The van der Waals surface area contributed by atoms with Crippen LogP contribution in [0.25, 0.3) is 10.9 Å². The van der Waals surface area contributed by atoms with Crippen LogP contribution in [0, 0.1) is 16.7 Å². The van der Waals surface area contributed by atoms with Crippen molar-refractivity contribution in [2.24, 2.45) is 5.41 Å². The standard InChI is InChI=1S/C30H31BrN2OSi/c1-29(2,3)35(25-10-6-4-7-11-25,26-12-8-5-9-13-26)34-22-30(16-17-30)21-33-20-23(19-32)27-15-14-24(31)18-28(27)33/h4-15,18,20H,16-17,21-22H2,1-3H3. The molecule has 178 valence electrons. The summed E-state index contributed by atoms with van der Waals surface area (Å²) < 4.78 is 10.6. The minimum absolute atomic E-state index is 0.0369. The maximum absolute atomic E-state index is 9.69. The third kappa shape index (κ3) is 4.40. The molecule has 0 unspecified atom stereocenters. The summed E-state index contributed by atoms with van der Waals surface area (Å²) in [6.07, 6.45) is 4.29. The molecule has 0 atom stereocenters. The van der Waals surface area contributed by atoms with Gasteiger partial charge in [-0.2, -0.15) is 5.26 Å². The van der Waals surface area contributed by atoms with Crippen LogP contribution < -0.4 is 10.4 Å². The van der Waals surface area contributed by atoms with Crippen molar-refractivity contribution in [3.05, 3.63) is 95.1 Å². The van der Waals surface area contributed by atoms with Gasteiger partial charge in [-0.1, -0.05) is 103 Å². The second-order valence-corrected chi connectivity index (χ2v) is 16.1. The Hall–Kier alpha value is -2.65. The largest absolute Gasteiger partial charge is 0.407 e. The molecule has 5 rings (SSSR count). The van der Waals surface area contributed by atoms with Gasteiger partial charge in [-0.25, -0.2) is 0 Å². The molecule has 1 aliphatic carbocycles. The molecule has 0 radical (unpaired) electrons. The van der Waals surface area contributed by atoms with Crippen LogP contribution in [0.2, 0.25) is 5.04 Å². The molecular weight excluding hydrogens is 512 g/mol. The summed E-state index contributed by atoms with van der Waals surface area (Å²) in [5, 5.41) is 13.3. The van der Waals surface area contributed by atoms with Gasteiger partial charge in [-0.3, -0.25) is 0 Å². The van der Waals surface area contributed by atoms with Crippen molar-refractivity contribution in [1.29, 1.82) is 5.26 Å². The van der Waals surface area contributed by atoms with Crippen molar-refractivity contribution in [2.45, 2.75) is 45.2 Å². The number of fused-ring (bicyclic) bond motifs is 1. The van der Waals surface area contributed by atoms with Gasteiger partial charge in [0.25, 0.3) is 8.32 Å². The van der Waals surface area contributed by atoms with Crippen molar-refractivity contribution in [2.75, 3.05) is 6.61 Å². The van der Waals surface area contributed by atoms with Crippen molar-refractivity contribution < 1.29 is 4.43 Å². The first-order valence-corrected chi connectivity index (χ1v) is 14.9. The molecule has 0 N–H and O–H groups in total. The molecule has 0 saturated heterocycles. The number of aromatic nitrogens is 1. The van der Waals surface area contributed by atoms with Gasteiger partial charge < -0.3 is 8.99 Å². The van der Waals surface area contributed by atoms with E-state index in [2.05, 4.69) is 114 Å². The van der Waals surface area contributed by atoms with E-state index in [-0.39, 0.29) is 10.5 Å². The lowest BCUT2D eigenvalue weighted by atomic mass is 10.1. The van der Waals surface area contributed by atoms with Crippen LogP contribution in [0.3, 0.4) is 0 Å². The Balaban J connectivity index is 1.51. The number of hydrogen-bond acceptors (Lipinski definition) is 2. The summed E-state index contributed by atoms with van der Waals surface area (Å²) in [7, 11) is -2.57. The fraction of sp³-hybridized carbons (Fsp3) is 0.300. The Morgan fingerprint density at radius 1 is 0.971 bits per heavy atom. The van der Waals surface area contributed by atoms with Crippen LogP contribution in [0.5, 0.6) is 0 Å². The Morgan fingerprint density at radius 2 is 1.57 bits per heavy atom. The molecule has 0 amide bonds. The smallest absolute Gasteiger partial charge is 0.261 e. The third-order valence-corrected chi connectivity index (χ3v) is 12.9. The first kappa shape index (κ1) is 24.1. The van der Waals surface area contributed by atoms with E-state index < -0.39 is 8.32 Å². The van der Waals surface area contributed by atoms with Crippen molar-refractivity contribution >= 4 is 45.5 Å².